The van der Waals surface area contributed by atoms with Gasteiger partial charge >= 0.3 is 6.09 Å². The molecule has 1 amide bonds. The predicted octanol–water partition coefficient (Wildman–Crippen LogP) is -0.658. The summed E-state index contributed by atoms with van der Waals surface area (Å²) in [5, 5.41) is 8.62. The Morgan fingerprint density at radius 3 is 3.00 bits per heavy atom. The molecule has 0 bridgehead atoms. The molecule has 0 fully saturated rings. The number of carbonyl (C=O) groups is 1. The van der Waals surface area contributed by atoms with Crippen molar-refractivity contribution in [1.29, 1.82) is 0 Å². The lowest BCUT2D eigenvalue weighted by atomic mass is 10.3. The Hall–Kier alpha value is -1.23. The van der Waals surface area contributed by atoms with Gasteiger partial charge in [-0.05, 0) is 5.57 Å². The van der Waals surface area contributed by atoms with Gasteiger partial charge in [-0.2, -0.15) is 0 Å². The normalized spacial score (nSPS) is 22.0. The largest absolute Gasteiger partial charge is 0.465 e. The molecule has 3 N–H and O–H groups in total. The van der Waals surface area contributed by atoms with Crippen LogP contribution in [-0.4, -0.2) is 35.7 Å². The van der Waals surface area contributed by atoms with E-state index < -0.39 is 6.09 Å². The van der Waals surface area contributed by atoms with Crippen molar-refractivity contribution in [3.05, 3.63) is 11.3 Å². The Kier molecular flexibility index (Phi) is 1.25. The summed E-state index contributed by atoms with van der Waals surface area (Å²) in [4.78, 5) is 11.9. The molecule has 60 valence electrons. The average Bonchev–Trinajstić information content (AvgIpc) is 2.40. The van der Waals surface area contributed by atoms with E-state index in [9.17, 15) is 4.79 Å². The second kappa shape index (κ2) is 2.13. The summed E-state index contributed by atoms with van der Waals surface area (Å²) in [5.74, 6) is 0. The molecule has 0 aromatic carbocycles. The smallest absolute Gasteiger partial charge is 0.407 e. The van der Waals surface area contributed by atoms with Gasteiger partial charge < -0.3 is 10.5 Å². The van der Waals surface area contributed by atoms with Crippen molar-refractivity contribution < 1.29 is 9.90 Å². The highest BCUT2D eigenvalue weighted by atomic mass is 16.4. The molecular formula is C6H9N3O2. The molecule has 0 radical (unpaired) electrons. The van der Waals surface area contributed by atoms with Crippen LogP contribution in [0.5, 0.6) is 0 Å². The number of nitrogens with one attached hydrogen (secondary N) is 2. The minimum absolute atomic E-state index is 0.498. The topological polar surface area (TPSA) is 64.6 Å². The Balaban J connectivity index is 2.06. The minimum Gasteiger partial charge on any atom is -0.465 e. The highest BCUT2D eigenvalue weighted by Crippen LogP contribution is 2.16. The maximum Gasteiger partial charge on any atom is 0.407 e. The molecule has 2 heterocycles. The maximum atomic E-state index is 10.5. The van der Waals surface area contributed by atoms with Crippen LogP contribution < -0.4 is 10.9 Å². The van der Waals surface area contributed by atoms with E-state index in [0.717, 1.165) is 17.8 Å². The zero-order valence-corrected chi connectivity index (χ0v) is 5.92. The molecule has 0 aliphatic carbocycles. The molecule has 5 heteroatoms. The highest BCUT2D eigenvalue weighted by molar-refractivity contribution is 5.67. The SMILES string of the molecule is O=C(O)N1CC2=C(C1)NNC2. The van der Waals surface area contributed by atoms with Crippen molar-refractivity contribution in [2.75, 3.05) is 19.6 Å². The van der Waals surface area contributed by atoms with E-state index in [1.165, 1.54) is 4.90 Å². The summed E-state index contributed by atoms with van der Waals surface area (Å²) >= 11 is 0. The second-order valence-electron chi connectivity index (χ2n) is 2.70. The summed E-state index contributed by atoms with van der Waals surface area (Å²) in [7, 11) is 0. The zero-order chi connectivity index (χ0) is 7.84. The lowest BCUT2D eigenvalue weighted by Gasteiger charge is -2.13. The lowest BCUT2D eigenvalue weighted by molar-refractivity contribution is 0.155. The number of carboxylic acid groups (broad SMARTS) is 1. The number of amides is 1. The van der Waals surface area contributed by atoms with Gasteiger partial charge in [0.15, 0.2) is 0 Å². The van der Waals surface area contributed by atoms with E-state index in [0.29, 0.717) is 13.1 Å². The third kappa shape index (κ3) is 0.932. The predicted molar refractivity (Wildman–Crippen MR) is 37.8 cm³/mol. The molecule has 0 aromatic rings. The van der Waals surface area contributed by atoms with Crippen LogP contribution in [0.25, 0.3) is 0 Å². The van der Waals surface area contributed by atoms with E-state index in [-0.39, 0.29) is 0 Å². The number of nitrogens with zero attached hydrogens (tertiary/aromatic N) is 1. The third-order valence-corrected chi connectivity index (χ3v) is 1.97. The van der Waals surface area contributed by atoms with Gasteiger partial charge in [0.2, 0.25) is 0 Å². The number of hydrogen-bond acceptors (Lipinski definition) is 3. The molecule has 0 atom stereocenters. The fourth-order valence-corrected chi connectivity index (χ4v) is 1.37. The average molecular weight is 155 g/mol. The van der Waals surface area contributed by atoms with Crippen molar-refractivity contribution >= 4 is 6.09 Å². The van der Waals surface area contributed by atoms with Crippen molar-refractivity contribution in [3.8, 4) is 0 Å². The van der Waals surface area contributed by atoms with Crippen molar-refractivity contribution in [2.24, 2.45) is 0 Å². The Bertz CT molecular complexity index is 220. The Morgan fingerprint density at radius 2 is 2.36 bits per heavy atom. The molecule has 0 saturated heterocycles. The van der Waals surface area contributed by atoms with E-state index in [1.807, 2.05) is 0 Å². The van der Waals surface area contributed by atoms with Crippen LogP contribution in [-0.2, 0) is 0 Å². The lowest BCUT2D eigenvalue weighted by Crippen LogP contribution is -2.35. The fraction of sp³-hybridized carbons (Fsp3) is 0.500. The maximum absolute atomic E-state index is 10.5. The first-order chi connectivity index (χ1) is 5.27. The molecule has 5 nitrogen and oxygen atoms in total. The fourth-order valence-electron chi connectivity index (χ4n) is 1.37. The van der Waals surface area contributed by atoms with Crippen molar-refractivity contribution in [3.63, 3.8) is 0 Å². The molecule has 2 aliphatic heterocycles. The first-order valence-corrected chi connectivity index (χ1v) is 3.45. The Morgan fingerprint density at radius 1 is 1.55 bits per heavy atom. The molecule has 0 unspecified atom stereocenters. The molecule has 0 saturated carbocycles. The van der Waals surface area contributed by atoms with Crippen LogP contribution in [0.2, 0.25) is 0 Å². The highest BCUT2D eigenvalue weighted by Gasteiger charge is 2.27. The monoisotopic (exact) mass is 155 g/mol. The number of hydrazine groups is 1. The van der Waals surface area contributed by atoms with Gasteiger partial charge in [0.25, 0.3) is 0 Å². The molecule has 0 aromatic heterocycles. The summed E-state index contributed by atoms with van der Waals surface area (Å²) < 4.78 is 0. The van der Waals surface area contributed by atoms with E-state index >= 15 is 0 Å². The quantitative estimate of drug-likeness (QED) is 0.434. The van der Waals surface area contributed by atoms with Gasteiger partial charge in [0, 0.05) is 18.8 Å². The van der Waals surface area contributed by atoms with Crippen LogP contribution in [0, 0.1) is 0 Å². The van der Waals surface area contributed by atoms with E-state index in [4.69, 9.17) is 5.11 Å². The zero-order valence-electron chi connectivity index (χ0n) is 5.92. The second-order valence-corrected chi connectivity index (χ2v) is 2.70. The summed E-state index contributed by atoms with van der Waals surface area (Å²) in [6, 6.07) is 0. The third-order valence-electron chi connectivity index (χ3n) is 1.97. The molecule has 2 rings (SSSR count). The van der Waals surface area contributed by atoms with Gasteiger partial charge in [-0.25, -0.2) is 10.2 Å². The van der Waals surface area contributed by atoms with Crippen LogP contribution in [0.1, 0.15) is 0 Å². The van der Waals surface area contributed by atoms with Crippen LogP contribution in [0.3, 0.4) is 0 Å². The number of rotatable bonds is 0. The number of hydrogen-bond donors (Lipinski definition) is 3. The van der Waals surface area contributed by atoms with Crippen molar-refractivity contribution in [1.82, 2.24) is 15.8 Å². The van der Waals surface area contributed by atoms with Crippen LogP contribution >= 0.6 is 0 Å². The summed E-state index contributed by atoms with van der Waals surface area (Å²) in [6.45, 7) is 1.81. The first-order valence-electron chi connectivity index (χ1n) is 3.45. The van der Waals surface area contributed by atoms with Gasteiger partial charge in [0.1, 0.15) is 0 Å². The first kappa shape index (κ1) is 6.48. The molecule has 11 heavy (non-hydrogen) atoms. The molecule has 0 spiro atoms. The summed E-state index contributed by atoms with van der Waals surface area (Å²) in [6.07, 6.45) is -0.846. The van der Waals surface area contributed by atoms with Crippen LogP contribution in [0.4, 0.5) is 4.79 Å². The van der Waals surface area contributed by atoms with Crippen molar-refractivity contribution in [2.45, 2.75) is 0 Å². The summed E-state index contributed by atoms with van der Waals surface area (Å²) in [5.41, 5.74) is 8.05. The van der Waals surface area contributed by atoms with Gasteiger partial charge in [-0.1, -0.05) is 0 Å². The van der Waals surface area contributed by atoms with Crippen LogP contribution in [0.15, 0.2) is 11.3 Å². The molecular weight excluding hydrogens is 146 g/mol. The van der Waals surface area contributed by atoms with Gasteiger partial charge in [0.05, 0.1) is 6.54 Å². The Labute approximate surface area is 63.6 Å². The van der Waals surface area contributed by atoms with Gasteiger partial charge in [-0.15, -0.1) is 0 Å². The van der Waals surface area contributed by atoms with E-state index in [2.05, 4.69) is 10.9 Å². The minimum atomic E-state index is -0.846. The van der Waals surface area contributed by atoms with E-state index in [1.54, 1.807) is 0 Å². The standard InChI is InChI=1S/C6H9N3O2/c10-6(11)9-2-4-1-7-8-5(4)3-9/h7-8H,1-3H2,(H,10,11). The van der Waals surface area contributed by atoms with Gasteiger partial charge in [-0.3, -0.25) is 4.90 Å². The molecule has 2 aliphatic rings.